The molecule has 1 heterocycles. The predicted octanol–water partition coefficient (Wildman–Crippen LogP) is 5.12. The maximum Gasteiger partial charge on any atom is 0.265 e. The molecule has 1 aliphatic rings. The molecule has 1 amide bonds. The third kappa shape index (κ3) is 4.26. The second-order valence-corrected chi connectivity index (χ2v) is 9.63. The SMILES string of the molecule is CCc1ccc(N2C=C(C(=O)NCc3ccc(Cl)cc3)S(=O)(=O)c3cc(F)ccc32)cc1. The molecule has 8 heteroatoms. The van der Waals surface area contributed by atoms with E-state index in [2.05, 4.69) is 5.32 Å². The van der Waals surface area contributed by atoms with Gasteiger partial charge in [0.15, 0.2) is 4.91 Å². The number of carbonyl (C=O) groups is 1. The van der Waals surface area contributed by atoms with Gasteiger partial charge in [-0.2, -0.15) is 0 Å². The zero-order valence-corrected chi connectivity index (χ0v) is 18.8. The molecular formula is C24H20ClFN2O3S. The molecule has 1 N–H and O–H groups in total. The summed E-state index contributed by atoms with van der Waals surface area (Å²) in [6.07, 6.45) is 2.14. The van der Waals surface area contributed by atoms with E-state index in [9.17, 15) is 17.6 Å². The van der Waals surface area contributed by atoms with Gasteiger partial charge in [-0.3, -0.25) is 4.79 Å². The van der Waals surface area contributed by atoms with Gasteiger partial charge in [0, 0.05) is 23.5 Å². The van der Waals surface area contributed by atoms with E-state index in [0.717, 1.165) is 23.6 Å². The average Bonchev–Trinajstić information content (AvgIpc) is 2.79. The molecule has 1 aliphatic heterocycles. The Balaban J connectivity index is 1.73. The molecule has 0 atom stereocenters. The largest absolute Gasteiger partial charge is 0.347 e. The van der Waals surface area contributed by atoms with Crippen LogP contribution in [-0.4, -0.2) is 14.3 Å². The van der Waals surface area contributed by atoms with Crippen molar-refractivity contribution in [3.63, 3.8) is 0 Å². The van der Waals surface area contributed by atoms with E-state index in [1.807, 2.05) is 31.2 Å². The van der Waals surface area contributed by atoms with Crippen LogP contribution in [0.3, 0.4) is 0 Å². The molecule has 0 fully saturated rings. The van der Waals surface area contributed by atoms with E-state index < -0.39 is 26.5 Å². The summed E-state index contributed by atoms with van der Waals surface area (Å²) in [7, 11) is -4.22. The Bertz CT molecular complexity index is 1300. The number of fused-ring (bicyclic) bond motifs is 1. The van der Waals surface area contributed by atoms with Crippen LogP contribution in [0.1, 0.15) is 18.1 Å². The van der Waals surface area contributed by atoms with Gasteiger partial charge in [-0.1, -0.05) is 42.8 Å². The number of anilines is 2. The lowest BCUT2D eigenvalue weighted by Crippen LogP contribution is -2.32. The number of sulfone groups is 1. The Morgan fingerprint density at radius 1 is 1.00 bits per heavy atom. The summed E-state index contributed by atoms with van der Waals surface area (Å²) < 4.78 is 40.4. The predicted molar refractivity (Wildman–Crippen MR) is 123 cm³/mol. The van der Waals surface area contributed by atoms with E-state index in [4.69, 9.17) is 11.6 Å². The summed E-state index contributed by atoms with van der Waals surface area (Å²) in [5, 5.41) is 3.19. The molecule has 0 saturated carbocycles. The van der Waals surface area contributed by atoms with Crippen LogP contribution >= 0.6 is 11.6 Å². The van der Waals surface area contributed by atoms with Gasteiger partial charge >= 0.3 is 0 Å². The van der Waals surface area contributed by atoms with Crippen LogP contribution in [0.5, 0.6) is 0 Å². The maximum atomic E-state index is 14.0. The highest BCUT2D eigenvalue weighted by atomic mass is 35.5. The number of nitrogens with one attached hydrogen (secondary N) is 1. The minimum Gasteiger partial charge on any atom is -0.347 e. The smallest absolute Gasteiger partial charge is 0.265 e. The molecule has 5 nitrogen and oxygen atoms in total. The molecule has 32 heavy (non-hydrogen) atoms. The maximum absolute atomic E-state index is 14.0. The molecule has 3 aromatic carbocycles. The Morgan fingerprint density at radius 3 is 2.31 bits per heavy atom. The number of nitrogens with zero attached hydrogens (tertiary/aromatic N) is 1. The van der Waals surface area contributed by atoms with Gasteiger partial charge in [0.05, 0.1) is 10.6 Å². The molecule has 4 rings (SSSR count). The van der Waals surface area contributed by atoms with Crippen molar-refractivity contribution in [3.8, 4) is 0 Å². The van der Waals surface area contributed by atoms with Crippen molar-refractivity contribution in [1.82, 2.24) is 5.32 Å². The minimum absolute atomic E-state index is 0.115. The van der Waals surface area contributed by atoms with E-state index in [1.54, 1.807) is 29.2 Å². The fraction of sp³-hybridized carbons (Fsp3) is 0.125. The fourth-order valence-electron chi connectivity index (χ4n) is 3.44. The van der Waals surface area contributed by atoms with Crippen LogP contribution in [0, 0.1) is 5.82 Å². The average molecular weight is 471 g/mol. The Morgan fingerprint density at radius 2 is 1.66 bits per heavy atom. The van der Waals surface area contributed by atoms with Crippen LogP contribution in [0.2, 0.25) is 5.02 Å². The Kier molecular flexibility index (Phi) is 6.04. The van der Waals surface area contributed by atoms with Gasteiger partial charge in [-0.25, -0.2) is 12.8 Å². The first kappa shape index (κ1) is 22.0. The molecule has 0 saturated heterocycles. The van der Waals surface area contributed by atoms with E-state index in [-0.39, 0.29) is 17.1 Å². The molecule has 0 aromatic heterocycles. The topological polar surface area (TPSA) is 66.5 Å². The number of benzene rings is 3. The number of aryl methyl sites for hydroxylation is 1. The molecule has 0 aliphatic carbocycles. The van der Waals surface area contributed by atoms with Gasteiger partial charge in [0.1, 0.15) is 5.82 Å². The summed E-state index contributed by atoms with van der Waals surface area (Å²) in [6, 6.07) is 17.9. The summed E-state index contributed by atoms with van der Waals surface area (Å²) in [6.45, 7) is 2.15. The number of hydrogen-bond acceptors (Lipinski definition) is 4. The van der Waals surface area contributed by atoms with Crippen LogP contribution < -0.4 is 10.2 Å². The van der Waals surface area contributed by atoms with Crippen molar-refractivity contribution in [2.45, 2.75) is 24.8 Å². The summed E-state index contributed by atoms with van der Waals surface area (Å²) in [5.74, 6) is -1.47. The van der Waals surface area contributed by atoms with Gasteiger partial charge < -0.3 is 10.2 Å². The monoisotopic (exact) mass is 470 g/mol. The van der Waals surface area contributed by atoms with Crippen LogP contribution in [-0.2, 0) is 27.6 Å². The van der Waals surface area contributed by atoms with Crippen molar-refractivity contribution < 1.29 is 17.6 Å². The summed E-state index contributed by atoms with van der Waals surface area (Å²) in [5.41, 5.74) is 2.82. The molecule has 0 spiro atoms. The van der Waals surface area contributed by atoms with Crippen LogP contribution in [0.25, 0.3) is 0 Å². The van der Waals surface area contributed by atoms with Crippen LogP contribution in [0.15, 0.2) is 82.7 Å². The lowest BCUT2D eigenvalue weighted by atomic mass is 10.1. The number of amides is 1. The van der Waals surface area contributed by atoms with E-state index in [0.29, 0.717) is 10.7 Å². The first-order chi connectivity index (χ1) is 15.3. The second-order valence-electron chi connectivity index (χ2n) is 7.31. The molecular weight excluding hydrogens is 451 g/mol. The quantitative estimate of drug-likeness (QED) is 0.561. The lowest BCUT2D eigenvalue weighted by molar-refractivity contribution is -0.117. The van der Waals surface area contributed by atoms with Crippen molar-refractivity contribution in [2.75, 3.05) is 4.90 Å². The summed E-state index contributed by atoms with van der Waals surface area (Å²) in [4.78, 5) is 13.8. The molecule has 3 aromatic rings. The second kappa shape index (κ2) is 8.76. The van der Waals surface area contributed by atoms with Gasteiger partial charge in [0.25, 0.3) is 5.91 Å². The van der Waals surface area contributed by atoms with Gasteiger partial charge in [-0.05, 0) is 60.0 Å². The van der Waals surface area contributed by atoms with Crippen molar-refractivity contribution >= 4 is 38.7 Å². The highest BCUT2D eigenvalue weighted by molar-refractivity contribution is 7.96. The van der Waals surface area contributed by atoms with Crippen molar-refractivity contribution in [1.29, 1.82) is 0 Å². The highest BCUT2D eigenvalue weighted by Crippen LogP contribution is 2.40. The summed E-state index contributed by atoms with van der Waals surface area (Å²) >= 11 is 5.88. The van der Waals surface area contributed by atoms with Gasteiger partial charge in [0.2, 0.25) is 9.84 Å². The Hall–Kier alpha value is -3.16. The first-order valence-electron chi connectivity index (χ1n) is 9.97. The highest BCUT2D eigenvalue weighted by Gasteiger charge is 2.36. The van der Waals surface area contributed by atoms with Gasteiger partial charge in [-0.15, -0.1) is 0 Å². The van der Waals surface area contributed by atoms with Crippen molar-refractivity contribution in [3.05, 3.63) is 99.8 Å². The Labute approximate surface area is 191 Å². The number of halogens is 2. The first-order valence-corrected chi connectivity index (χ1v) is 11.8. The number of hydrogen-bond donors (Lipinski definition) is 1. The molecule has 0 unspecified atom stereocenters. The standard InChI is InChI=1S/C24H20ClFN2O3S/c1-2-16-5-10-20(11-6-16)28-15-23(24(29)27-14-17-3-7-18(25)8-4-17)32(30,31)22-13-19(26)9-12-21(22)28/h3-13,15H,2,14H2,1H3,(H,27,29). The minimum atomic E-state index is -4.22. The van der Waals surface area contributed by atoms with Crippen molar-refractivity contribution in [2.24, 2.45) is 0 Å². The third-order valence-electron chi connectivity index (χ3n) is 5.22. The fourth-order valence-corrected chi connectivity index (χ4v) is 5.07. The van der Waals surface area contributed by atoms with E-state index in [1.165, 1.54) is 18.3 Å². The van der Waals surface area contributed by atoms with Crippen LogP contribution in [0.4, 0.5) is 15.8 Å². The molecule has 0 bridgehead atoms. The lowest BCUT2D eigenvalue weighted by Gasteiger charge is -2.29. The number of carbonyl (C=O) groups excluding carboxylic acids is 1. The normalized spacial score (nSPS) is 14.5. The van der Waals surface area contributed by atoms with E-state index >= 15 is 0 Å². The zero-order chi connectivity index (χ0) is 22.9. The molecule has 0 radical (unpaired) electrons. The third-order valence-corrected chi connectivity index (χ3v) is 7.25. The zero-order valence-electron chi connectivity index (χ0n) is 17.2. The number of rotatable bonds is 5. The molecule has 164 valence electrons.